The summed E-state index contributed by atoms with van der Waals surface area (Å²) >= 11 is 0. The van der Waals surface area contributed by atoms with Gasteiger partial charge in [0.2, 0.25) is 0 Å². The Labute approximate surface area is 92.6 Å². The van der Waals surface area contributed by atoms with Crippen molar-refractivity contribution in [2.45, 2.75) is 26.8 Å². The van der Waals surface area contributed by atoms with E-state index in [2.05, 4.69) is 5.10 Å². The molecule has 3 nitrogen and oxygen atoms in total. The molecule has 5 heteroatoms. The van der Waals surface area contributed by atoms with Crippen molar-refractivity contribution < 1.29 is 8.78 Å². The van der Waals surface area contributed by atoms with Gasteiger partial charge in [-0.2, -0.15) is 5.10 Å². The van der Waals surface area contributed by atoms with Gasteiger partial charge in [-0.25, -0.2) is 8.78 Å². The van der Waals surface area contributed by atoms with E-state index in [1.807, 2.05) is 6.92 Å². The summed E-state index contributed by atoms with van der Waals surface area (Å²) in [5.41, 5.74) is 1.39. The van der Waals surface area contributed by atoms with E-state index >= 15 is 0 Å². The molecule has 0 fully saturated rings. The smallest absolute Gasteiger partial charge is 0.161 e. The fourth-order valence-electron chi connectivity index (χ4n) is 1.71. The fourth-order valence-corrected chi connectivity index (χ4v) is 1.71. The summed E-state index contributed by atoms with van der Waals surface area (Å²) in [6, 6.07) is 2.42. The van der Waals surface area contributed by atoms with E-state index in [1.54, 1.807) is 11.6 Å². The van der Waals surface area contributed by atoms with Crippen LogP contribution in [0, 0.1) is 18.6 Å². The number of hydrogen-bond acceptors (Lipinski definition) is 2. The van der Waals surface area contributed by atoms with E-state index in [0.717, 1.165) is 18.7 Å². The Morgan fingerprint density at radius 3 is 2.50 bits per heavy atom. The van der Waals surface area contributed by atoms with Gasteiger partial charge in [0.15, 0.2) is 11.6 Å². The first-order valence-electron chi connectivity index (χ1n) is 4.95. The summed E-state index contributed by atoms with van der Waals surface area (Å²) in [7, 11) is 0. The summed E-state index contributed by atoms with van der Waals surface area (Å²) in [6.07, 6.45) is 0.912. The van der Waals surface area contributed by atoms with E-state index in [0.29, 0.717) is 10.9 Å². The number of hydrogen-bond donors (Lipinski definition) is 1. The van der Waals surface area contributed by atoms with Crippen molar-refractivity contribution in [1.82, 2.24) is 15.9 Å². The van der Waals surface area contributed by atoms with Gasteiger partial charge in [0.25, 0.3) is 0 Å². The Morgan fingerprint density at radius 1 is 1.25 bits per heavy atom. The molecule has 0 aliphatic carbocycles. The van der Waals surface area contributed by atoms with Gasteiger partial charge in [0.05, 0.1) is 11.2 Å². The highest BCUT2D eigenvalue weighted by atomic mass is 19.2. The molecular formula is C11H15F2N3. The van der Waals surface area contributed by atoms with Crippen LogP contribution in [-0.2, 0) is 6.54 Å². The van der Waals surface area contributed by atoms with Crippen LogP contribution in [0.3, 0.4) is 0 Å². The van der Waals surface area contributed by atoms with E-state index < -0.39 is 11.6 Å². The first kappa shape index (κ1) is 12.6. The largest absolute Gasteiger partial charge is 0.344 e. The molecule has 16 heavy (non-hydrogen) atoms. The second-order valence-electron chi connectivity index (χ2n) is 3.59. The van der Waals surface area contributed by atoms with Crippen molar-refractivity contribution in [2.75, 3.05) is 0 Å². The van der Waals surface area contributed by atoms with Crippen LogP contribution in [0.25, 0.3) is 10.9 Å². The summed E-state index contributed by atoms with van der Waals surface area (Å²) in [4.78, 5) is 0. The molecule has 0 saturated carbocycles. The van der Waals surface area contributed by atoms with Gasteiger partial charge in [-0.1, -0.05) is 6.92 Å². The molecule has 1 heterocycles. The first-order valence-corrected chi connectivity index (χ1v) is 4.95. The average molecular weight is 227 g/mol. The highest BCUT2D eigenvalue weighted by Gasteiger charge is 2.11. The molecule has 0 atom stereocenters. The second-order valence-corrected chi connectivity index (χ2v) is 3.59. The van der Waals surface area contributed by atoms with Gasteiger partial charge in [-0.3, -0.25) is 4.68 Å². The lowest BCUT2D eigenvalue weighted by molar-refractivity contribution is 0.509. The summed E-state index contributed by atoms with van der Waals surface area (Å²) in [5, 5.41) is 4.93. The molecule has 0 spiro atoms. The molecule has 0 bridgehead atoms. The molecule has 0 saturated heterocycles. The Morgan fingerprint density at radius 2 is 1.88 bits per heavy atom. The van der Waals surface area contributed by atoms with Crippen molar-refractivity contribution in [3.05, 3.63) is 29.5 Å². The lowest BCUT2D eigenvalue weighted by Crippen LogP contribution is -1.99. The molecule has 1 aromatic carbocycles. The lowest BCUT2D eigenvalue weighted by Gasteiger charge is -2.00. The number of nitrogens with zero attached hydrogens (tertiary/aromatic N) is 2. The fraction of sp³-hybridized carbons (Fsp3) is 0.364. The normalized spacial score (nSPS) is 10.5. The Hall–Kier alpha value is -1.49. The van der Waals surface area contributed by atoms with Gasteiger partial charge >= 0.3 is 0 Å². The molecule has 0 unspecified atom stereocenters. The molecule has 0 aliphatic heterocycles. The SMILES string of the molecule is CCCn1nc(C)c2cc(F)c(F)cc21.N. The number of aryl methyl sites for hydroxylation is 2. The monoisotopic (exact) mass is 227 g/mol. The molecular weight excluding hydrogens is 212 g/mol. The minimum absolute atomic E-state index is 0. The van der Waals surface area contributed by atoms with Crippen molar-refractivity contribution in [1.29, 1.82) is 0 Å². The maximum atomic E-state index is 13.1. The van der Waals surface area contributed by atoms with E-state index in [1.165, 1.54) is 12.1 Å². The Bertz CT molecular complexity index is 505. The number of fused-ring (bicyclic) bond motifs is 1. The van der Waals surface area contributed by atoms with Crippen LogP contribution in [0.5, 0.6) is 0 Å². The number of halogens is 2. The van der Waals surface area contributed by atoms with Gasteiger partial charge in [-0.15, -0.1) is 0 Å². The highest BCUT2D eigenvalue weighted by molar-refractivity contribution is 5.81. The maximum absolute atomic E-state index is 13.1. The molecule has 0 radical (unpaired) electrons. The van der Waals surface area contributed by atoms with Crippen LogP contribution < -0.4 is 6.15 Å². The van der Waals surface area contributed by atoms with E-state index in [-0.39, 0.29) is 6.15 Å². The summed E-state index contributed by atoms with van der Waals surface area (Å²) in [5.74, 6) is -1.64. The maximum Gasteiger partial charge on any atom is 0.161 e. The van der Waals surface area contributed by atoms with Crippen LogP contribution in [0.4, 0.5) is 8.78 Å². The van der Waals surface area contributed by atoms with E-state index in [4.69, 9.17) is 0 Å². The van der Waals surface area contributed by atoms with Crippen LogP contribution in [-0.4, -0.2) is 9.78 Å². The van der Waals surface area contributed by atoms with Crippen molar-refractivity contribution in [3.63, 3.8) is 0 Å². The highest BCUT2D eigenvalue weighted by Crippen LogP contribution is 2.21. The molecule has 2 rings (SSSR count). The molecule has 0 amide bonds. The first-order chi connectivity index (χ1) is 7.13. The molecule has 2 aromatic rings. The van der Waals surface area contributed by atoms with Crippen LogP contribution in [0.2, 0.25) is 0 Å². The third-order valence-corrected chi connectivity index (χ3v) is 2.41. The van der Waals surface area contributed by atoms with Crippen molar-refractivity contribution in [3.8, 4) is 0 Å². The van der Waals surface area contributed by atoms with Crippen molar-refractivity contribution in [2.24, 2.45) is 0 Å². The topological polar surface area (TPSA) is 52.8 Å². The van der Waals surface area contributed by atoms with E-state index in [9.17, 15) is 8.78 Å². The average Bonchev–Trinajstić information content (AvgIpc) is 2.46. The third-order valence-electron chi connectivity index (χ3n) is 2.41. The quantitative estimate of drug-likeness (QED) is 0.856. The molecule has 3 N–H and O–H groups in total. The summed E-state index contributed by atoms with van der Waals surface area (Å²) in [6.45, 7) is 4.53. The van der Waals surface area contributed by atoms with Gasteiger partial charge in [0.1, 0.15) is 0 Å². The summed E-state index contributed by atoms with van der Waals surface area (Å²) < 4.78 is 27.8. The van der Waals surface area contributed by atoms with Gasteiger partial charge in [-0.05, 0) is 19.4 Å². The van der Waals surface area contributed by atoms with Crippen LogP contribution >= 0.6 is 0 Å². The van der Waals surface area contributed by atoms with Crippen molar-refractivity contribution >= 4 is 10.9 Å². The Kier molecular flexibility index (Phi) is 3.59. The van der Waals surface area contributed by atoms with Crippen LogP contribution in [0.1, 0.15) is 19.0 Å². The third kappa shape index (κ3) is 1.90. The second kappa shape index (κ2) is 4.57. The number of aromatic nitrogens is 2. The van der Waals surface area contributed by atoms with Gasteiger partial charge < -0.3 is 6.15 Å². The van der Waals surface area contributed by atoms with Gasteiger partial charge in [0, 0.05) is 18.0 Å². The Balaban J connectivity index is 0.00000128. The zero-order valence-corrected chi connectivity index (χ0v) is 9.43. The molecule has 88 valence electrons. The standard InChI is InChI=1S/C11H12F2N2.H3N/c1-3-4-15-11-6-10(13)9(12)5-8(11)7(2)14-15;/h5-6H,3-4H2,1-2H3;1H3. The van der Waals surface area contributed by atoms with Crippen LogP contribution in [0.15, 0.2) is 12.1 Å². The molecule has 1 aromatic heterocycles. The zero-order valence-electron chi connectivity index (χ0n) is 9.43. The molecule has 0 aliphatic rings. The minimum atomic E-state index is -0.820. The number of rotatable bonds is 2. The lowest BCUT2D eigenvalue weighted by atomic mass is 10.2. The predicted molar refractivity (Wildman–Crippen MR) is 59.7 cm³/mol. The predicted octanol–water partition coefficient (Wildman–Crippen LogP) is 3.19. The zero-order chi connectivity index (χ0) is 11.0. The minimum Gasteiger partial charge on any atom is -0.344 e. The number of benzene rings is 1.